The minimum absolute atomic E-state index is 0.0410. The first kappa shape index (κ1) is 19.5. The Labute approximate surface area is 169 Å². The number of piperidine rings is 1. The minimum atomic E-state index is -0.0529. The summed E-state index contributed by atoms with van der Waals surface area (Å²) in [7, 11) is 0. The van der Waals surface area contributed by atoms with Crippen molar-refractivity contribution in [3.63, 3.8) is 0 Å². The molecule has 2 saturated heterocycles. The van der Waals surface area contributed by atoms with Gasteiger partial charge in [0.15, 0.2) is 5.16 Å². The van der Waals surface area contributed by atoms with E-state index in [0.717, 1.165) is 45.4 Å². The van der Waals surface area contributed by atoms with Crippen molar-refractivity contribution in [1.29, 1.82) is 0 Å². The lowest BCUT2D eigenvalue weighted by atomic mass is 9.99. The van der Waals surface area contributed by atoms with Crippen molar-refractivity contribution in [2.45, 2.75) is 50.4 Å². The molecule has 0 saturated carbocycles. The van der Waals surface area contributed by atoms with Gasteiger partial charge in [0.2, 0.25) is 5.91 Å². The lowest BCUT2D eigenvalue weighted by Crippen LogP contribution is -2.39. The van der Waals surface area contributed by atoms with Crippen molar-refractivity contribution in [1.82, 2.24) is 14.5 Å². The largest absolute Gasteiger partial charge is 0.376 e. The van der Waals surface area contributed by atoms with E-state index in [1.165, 1.54) is 11.8 Å². The highest BCUT2D eigenvalue weighted by atomic mass is 32.2. The molecule has 3 heterocycles. The van der Waals surface area contributed by atoms with Crippen LogP contribution in [0, 0.1) is 5.92 Å². The Morgan fingerprint density at radius 1 is 1.25 bits per heavy atom. The van der Waals surface area contributed by atoms with E-state index in [1.54, 1.807) is 4.57 Å². The number of nitrogens with zero attached hydrogens (tertiary/aromatic N) is 3. The van der Waals surface area contributed by atoms with Crippen LogP contribution < -0.4 is 5.56 Å². The number of carbonyl (C=O) groups is 1. The quantitative estimate of drug-likeness (QED) is 0.569. The molecule has 2 aliphatic rings. The molecule has 2 aromatic rings. The summed E-state index contributed by atoms with van der Waals surface area (Å²) in [6, 6.07) is 7.40. The van der Waals surface area contributed by atoms with Gasteiger partial charge in [-0.15, -0.1) is 0 Å². The molecule has 2 fully saturated rings. The highest BCUT2D eigenvalue weighted by Gasteiger charge is 2.23. The molecule has 1 atom stereocenters. The minimum Gasteiger partial charge on any atom is -0.376 e. The van der Waals surface area contributed by atoms with E-state index < -0.39 is 0 Å². The molecule has 1 aromatic carbocycles. The number of aromatic nitrogens is 2. The molecule has 0 unspecified atom stereocenters. The van der Waals surface area contributed by atoms with E-state index >= 15 is 0 Å². The fourth-order valence-electron chi connectivity index (χ4n) is 3.89. The number of ether oxygens (including phenoxy) is 1. The molecule has 1 amide bonds. The third-order valence-electron chi connectivity index (χ3n) is 5.70. The van der Waals surface area contributed by atoms with Gasteiger partial charge in [-0.3, -0.25) is 14.2 Å². The number of hydrogen-bond donors (Lipinski definition) is 0. The van der Waals surface area contributed by atoms with Crippen LogP contribution in [0.5, 0.6) is 0 Å². The molecule has 2 aliphatic heterocycles. The van der Waals surface area contributed by atoms with Crippen LogP contribution in [0.3, 0.4) is 0 Å². The lowest BCUT2D eigenvalue weighted by molar-refractivity contribution is -0.129. The molecule has 0 N–H and O–H groups in total. The summed E-state index contributed by atoms with van der Waals surface area (Å²) in [5.41, 5.74) is 0.626. The predicted octanol–water partition coefficient (Wildman–Crippen LogP) is 2.93. The highest BCUT2D eigenvalue weighted by molar-refractivity contribution is 7.99. The maximum absolute atomic E-state index is 13.1. The molecule has 0 bridgehead atoms. The van der Waals surface area contributed by atoms with Gasteiger partial charge >= 0.3 is 0 Å². The topological polar surface area (TPSA) is 64.4 Å². The van der Waals surface area contributed by atoms with Gasteiger partial charge in [-0.1, -0.05) is 30.8 Å². The lowest BCUT2D eigenvalue weighted by Gasteiger charge is -2.30. The van der Waals surface area contributed by atoms with E-state index in [-0.39, 0.29) is 17.6 Å². The fraction of sp³-hybridized carbons (Fsp3) is 0.571. The molecular weight excluding hydrogens is 374 g/mol. The second-order valence-electron chi connectivity index (χ2n) is 7.81. The van der Waals surface area contributed by atoms with Gasteiger partial charge in [0.25, 0.3) is 5.56 Å². The summed E-state index contributed by atoms with van der Waals surface area (Å²) < 4.78 is 7.44. The van der Waals surface area contributed by atoms with Crippen LogP contribution in [-0.4, -0.2) is 51.9 Å². The van der Waals surface area contributed by atoms with Crippen molar-refractivity contribution >= 4 is 28.6 Å². The highest BCUT2D eigenvalue weighted by Crippen LogP contribution is 2.22. The molecule has 150 valence electrons. The van der Waals surface area contributed by atoms with Crippen LogP contribution in [0.25, 0.3) is 10.9 Å². The molecular formula is C21H27N3O3S. The molecule has 7 heteroatoms. The summed E-state index contributed by atoms with van der Waals surface area (Å²) in [5.74, 6) is 1.13. The number of para-hydroxylation sites is 1. The van der Waals surface area contributed by atoms with Gasteiger partial charge in [0, 0.05) is 19.7 Å². The first-order valence-electron chi connectivity index (χ1n) is 10.1. The first-order chi connectivity index (χ1) is 13.6. The van der Waals surface area contributed by atoms with E-state index in [9.17, 15) is 9.59 Å². The standard InChI is InChI=1S/C21H27N3O3S/c1-15-8-10-23(11-9-15)19(25)14-28-21-22-18-7-3-2-6-17(18)20(26)24(21)13-16-5-4-12-27-16/h2-3,6-7,15-16H,4-5,8-14H2,1H3/t16-/m0/s1. The van der Waals surface area contributed by atoms with Crippen LogP contribution in [0.4, 0.5) is 0 Å². The van der Waals surface area contributed by atoms with Gasteiger partial charge in [-0.05, 0) is 43.7 Å². The number of rotatable bonds is 5. The van der Waals surface area contributed by atoms with Gasteiger partial charge in [-0.25, -0.2) is 4.98 Å². The normalized spacial score (nSPS) is 20.8. The maximum Gasteiger partial charge on any atom is 0.262 e. The van der Waals surface area contributed by atoms with Crippen LogP contribution in [0.1, 0.15) is 32.6 Å². The van der Waals surface area contributed by atoms with Gasteiger partial charge in [0.1, 0.15) is 0 Å². The van der Waals surface area contributed by atoms with Crippen molar-refractivity contribution in [3.8, 4) is 0 Å². The monoisotopic (exact) mass is 401 g/mol. The van der Waals surface area contributed by atoms with Crippen LogP contribution >= 0.6 is 11.8 Å². The average Bonchev–Trinajstić information content (AvgIpc) is 3.22. The SMILES string of the molecule is CC1CCN(C(=O)CSc2nc3ccccc3c(=O)n2C[C@@H]2CCCO2)CC1. The van der Waals surface area contributed by atoms with Gasteiger partial charge < -0.3 is 9.64 Å². The van der Waals surface area contributed by atoms with Crippen LogP contribution in [-0.2, 0) is 16.1 Å². The maximum atomic E-state index is 13.1. The molecule has 6 nitrogen and oxygen atoms in total. The van der Waals surface area contributed by atoms with Crippen LogP contribution in [0.15, 0.2) is 34.2 Å². The molecule has 28 heavy (non-hydrogen) atoms. The Morgan fingerprint density at radius 3 is 2.79 bits per heavy atom. The molecule has 0 aliphatic carbocycles. The first-order valence-corrected chi connectivity index (χ1v) is 11.1. The van der Waals surface area contributed by atoms with E-state index in [4.69, 9.17) is 9.72 Å². The summed E-state index contributed by atoms with van der Waals surface area (Å²) in [4.78, 5) is 32.4. The average molecular weight is 402 g/mol. The molecule has 1 aromatic heterocycles. The summed E-state index contributed by atoms with van der Waals surface area (Å²) in [6.07, 6.45) is 4.14. The van der Waals surface area contributed by atoms with E-state index in [1.807, 2.05) is 29.2 Å². The summed E-state index contributed by atoms with van der Waals surface area (Å²) in [6.45, 7) is 5.13. The second-order valence-corrected chi connectivity index (χ2v) is 8.76. The molecule has 0 radical (unpaired) electrons. The van der Waals surface area contributed by atoms with Crippen molar-refractivity contribution < 1.29 is 9.53 Å². The Balaban J connectivity index is 1.55. The second kappa shape index (κ2) is 8.66. The number of hydrogen-bond acceptors (Lipinski definition) is 5. The van der Waals surface area contributed by atoms with E-state index in [0.29, 0.717) is 34.3 Å². The molecule has 4 rings (SSSR count). The third kappa shape index (κ3) is 4.25. The number of thioether (sulfide) groups is 1. The number of fused-ring (bicyclic) bond motifs is 1. The Bertz CT molecular complexity index is 899. The summed E-state index contributed by atoms with van der Waals surface area (Å²) in [5, 5.41) is 1.22. The Morgan fingerprint density at radius 2 is 2.04 bits per heavy atom. The van der Waals surface area contributed by atoms with Crippen molar-refractivity contribution in [3.05, 3.63) is 34.6 Å². The predicted molar refractivity (Wildman–Crippen MR) is 111 cm³/mol. The number of benzene rings is 1. The zero-order valence-corrected chi connectivity index (χ0v) is 17.1. The van der Waals surface area contributed by atoms with Crippen molar-refractivity contribution in [2.75, 3.05) is 25.4 Å². The van der Waals surface area contributed by atoms with Gasteiger partial charge in [-0.2, -0.15) is 0 Å². The van der Waals surface area contributed by atoms with Crippen molar-refractivity contribution in [2.24, 2.45) is 5.92 Å². The van der Waals surface area contributed by atoms with Crippen LogP contribution in [0.2, 0.25) is 0 Å². The number of likely N-dealkylation sites (tertiary alicyclic amines) is 1. The Kier molecular flexibility index (Phi) is 6.01. The molecule has 0 spiro atoms. The zero-order valence-electron chi connectivity index (χ0n) is 16.3. The van der Waals surface area contributed by atoms with E-state index in [2.05, 4.69) is 6.92 Å². The Hall–Kier alpha value is -1.86. The van der Waals surface area contributed by atoms with Gasteiger partial charge in [0.05, 0.1) is 29.3 Å². The third-order valence-corrected chi connectivity index (χ3v) is 6.66. The number of carbonyl (C=O) groups excluding carboxylic acids is 1. The smallest absolute Gasteiger partial charge is 0.262 e. The zero-order chi connectivity index (χ0) is 19.5. The fourth-order valence-corrected chi connectivity index (χ4v) is 4.80. The number of amides is 1. The summed E-state index contributed by atoms with van der Waals surface area (Å²) >= 11 is 1.37.